The molecule has 0 aliphatic carbocycles. The zero-order chi connectivity index (χ0) is 30.9. The average Bonchev–Trinajstić information content (AvgIpc) is 3.36. The van der Waals surface area contributed by atoms with Gasteiger partial charge in [0, 0.05) is 6.54 Å². The Labute approximate surface area is 267 Å². The van der Waals surface area contributed by atoms with Gasteiger partial charge in [-0.3, -0.25) is 0 Å². The lowest BCUT2D eigenvalue weighted by Crippen LogP contribution is -2.53. The number of hydrogen-bond donors (Lipinski definition) is 0. The van der Waals surface area contributed by atoms with Gasteiger partial charge in [0.15, 0.2) is 17.0 Å². The van der Waals surface area contributed by atoms with Crippen LogP contribution < -0.4 is 0 Å². The first kappa shape index (κ1) is 30.0. The molecule has 0 amide bonds. The topological polar surface area (TPSA) is 40.2 Å². The van der Waals surface area contributed by atoms with E-state index < -0.39 is 37.7 Å². The van der Waals surface area contributed by atoms with E-state index in [1.165, 1.54) is 5.56 Å². The van der Waals surface area contributed by atoms with Gasteiger partial charge in [-0.15, -0.1) is 0 Å². The molecule has 0 saturated carbocycles. The molecule has 228 valence electrons. The van der Waals surface area contributed by atoms with Crippen molar-refractivity contribution in [2.45, 2.75) is 49.6 Å². The molecule has 2 aliphatic rings. The van der Waals surface area contributed by atoms with Crippen molar-refractivity contribution in [1.82, 2.24) is 4.67 Å². The Morgan fingerprint density at radius 1 is 0.511 bits per heavy atom. The first-order valence-electron chi connectivity index (χ1n) is 15.4. The van der Waals surface area contributed by atoms with Gasteiger partial charge in [-0.2, -0.15) is 0 Å². The van der Waals surface area contributed by atoms with Crippen LogP contribution in [0.2, 0.25) is 0 Å². The number of rotatable bonds is 7. The van der Waals surface area contributed by atoms with Gasteiger partial charge in [-0.1, -0.05) is 152 Å². The Kier molecular flexibility index (Phi) is 8.18. The van der Waals surface area contributed by atoms with Gasteiger partial charge >= 0.3 is 0 Å². The summed E-state index contributed by atoms with van der Waals surface area (Å²) < 4.78 is 31.5. The molecule has 5 aromatic rings. The summed E-state index contributed by atoms with van der Waals surface area (Å²) in [4.78, 5) is 0. The van der Waals surface area contributed by atoms with Crippen LogP contribution in [0.4, 0.5) is 0 Å². The Bertz CT molecular complexity index is 1500. The third-order valence-corrected chi connectivity index (χ3v) is 10.3. The summed E-state index contributed by atoms with van der Waals surface area (Å²) in [5.74, 6) is -0.915. The quantitative estimate of drug-likeness (QED) is 0.171. The molecular formula is C39H38NO4P. The maximum atomic E-state index is 7.57. The Morgan fingerprint density at radius 2 is 0.822 bits per heavy atom. The van der Waals surface area contributed by atoms with E-state index >= 15 is 0 Å². The molecule has 0 N–H and O–H groups in total. The lowest BCUT2D eigenvalue weighted by atomic mass is 9.72. The van der Waals surface area contributed by atoms with E-state index in [-0.39, 0.29) is 0 Å². The highest BCUT2D eigenvalue weighted by molar-refractivity contribution is 7.44. The van der Waals surface area contributed by atoms with Crippen LogP contribution in [0.15, 0.2) is 152 Å². The van der Waals surface area contributed by atoms with Crippen LogP contribution in [0.1, 0.15) is 41.7 Å². The van der Waals surface area contributed by atoms with Crippen LogP contribution in [-0.2, 0) is 36.3 Å². The fraction of sp³-hybridized carbons (Fsp3) is 0.231. The summed E-state index contributed by atoms with van der Waals surface area (Å²) in [5.41, 5.74) is 2.96. The smallest absolute Gasteiger partial charge is 0.261 e. The third-order valence-electron chi connectivity index (χ3n) is 8.69. The molecule has 5 nitrogen and oxygen atoms in total. The first-order chi connectivity index (χ1) is 21.9. The molecular weight excluding hydrogens is 577 g/mol. The van der Waals surface area contributed by atoms with Crippen molar-refractivity contribution in [3.63, 3.8) is 0 Å². The van der Waals surface area contributed by atoms with Crippen molar-refractivity contribution >= 4 is 8.53 Å². The normalized spacial score (nSPS) is 22.0. The van der Waals surface area contributed by atoms with E-state index in [2.05, 4.69) is 133 Å². The molecule has 7 rings (SSSR count). The zero-order valence-electron chi connectivity index (χ0n) is 25.8. The van der Waals surface area contributed by atoms with E-state index in [1.807, 2.05) is 44.2 Å². The van der Waals surface area contributed by atoms with Gasteiger partial charge in [0.05, 0.1) is 0 Å². The van der Waals surface area contributed by atoms with Gasteiger partial charge in [0.25, 0.3) is 8.53 Å². The molecule has 0 bridgehead atoms. The average molecular weight is 616 g/mol. The Hall–Kier alpha value is -3.67. The second kappa shape index (κ2) is 12.3. The predicted molar refractivity (Wildman–Crippen MR) is 178 cm³/mol. The van der Waals surface area contributed by atoms with Crippen molar-refractivity contribution in [2.24, 2.45) is 0 Å². The molecule has 5 aromatic carbocycles. The van der Waals surface area contributed by atoms with E-state index in [0.29, 0.717) is 6.54 Å². The summed E-state index contributed by atoms with van der Waals surface area (Å²) in [7, 11) is 0.340. The summed E-state index contributed by atoms with van der Waals surface area (Å²) in [6.45, 7) is 4.59. The van der Waals surface area contributed by atoms with Gasteiger partial charge in [0.1, 0.15) is 12.2 Å². The molecule has 0 aromatic heterocycles. The SMILES string of the molecule is CN(Cc1ccccc1)P1OC(c2ccccc2)(c2ccccc2)[C@@H]2OC(C)(C)O[C@H]2C(c2ccccc2)(c2ccccc2)O1. The van der Waals surface area contributed by atoms with Crippen LogP contribution in [0, 0.1) is 0 Å². The van der Waals surface area contributed by atoms with E-state index in [1.54, 1.807) is 0 Å². The second-order valence-electron chi connectivity index (χ2n) is 12.1. The largest absolute Gasteiger partial charge is 0.341 e. The monoisotopic (exact) mass is 615 g/mol. The summed E-state index contributed by atoms with van der Waals surface area (Å²) >= 11 is 0. The van der Waals surface area contributed by atoms with Gasteiger partial charge in [-0.05, 0) is 48.7 Å². The fourth-order valence-corrected chi connectivity index (χ4v) is 8.43. The number of hydrogen-bond acceptors (Lipinski definition) is 5. The van der Waals surface area contributed by atoms with E-state index in [0.717, 1.165) is 22.3 Å². The van der Waals surface area contributed by atoms with Gasteiger partial charge in [-0.25, -0.2) is 4.67 Å². The van der Waals surface area contributed by atoms with Crippen LogP contribution >= 0.6 is 8.53 Å². The van der Waals surface area contributed by atoms with Crippen molar-refractivity contribution in [2.75, 3.05) is 7.05 Å². The van der Waals surface area contributed by atoms with E-state index in [9.17, 15) is 0 Å². The summed E-state index contributed by atoms with van der Waals surface area (Å²) in [5, 5.41) is 0. The molecule has 45 heavy (non-hydrogen) atoms. The highest BCUT2D eigenvalue weighted by atomic mass is 31.2. The van der Waals surface area contributed by atoms with Crippen LogP contribution in [-0.4, -0.2) is 29.7 Å². The Balaban J connectivity index is 1.53. The number of ether oxygens (including phenoxy) is 2. The molecule has 2 fully saturated rings. The molecule has 2 heterocycles. The molecule has 2 saturated heterocycles. The highest BCUT2D eigenvalue weighted by Gasteiger charge is 2.67. The van der Waals surface area contributed by atoms with Gasteiger partial charge in [0.2, 0.25) is 0 Å². The number of fused-ring (bicyclic) bond motifs is 1. The summed E-state index contributed by atoms with van der Waals surface area (Å²) in [6, 6.07) is 52.0. The maximum absolute atomic E-state index is 7.57. The fourth-order valence-electron chi connectivity index (χ4n) is 6.71. The maximum Gasteiger partial charge on any atom is 0.261 e. The minimum Gasteiger partial charge on any atom is -0.341 e. The van der Waals surface area contributed by atoms with Crippen LogP contribution in [0.25, 0.3) is 0 Å². The molecule has 0 spiro atoms. The van der Waals surface area contributed by atoms with Crippen molar-refractivity contribution in [3.8, 4) is 0 Å². The molecule has 6 heteroatoms. The van der Waals surface area contributed by atoms with Crippen molar-refractivity contribution < 1.29 is 18.5 Å². The summed E-state index contributed by atoms with van der Waals surface area (Å²) in [6.07, 6.45) is -1.18. The molecule has 2 aliphatic heterocycles. The predicted octanol–water partition coefficient (Wildman–Crippen LogP) is 8.80. The minimum atomic E-state index is -1.74. The first-order valence-corrected chi connectivity index (χ1v) is 16.6. The lowest BCUT2D eigenvalue weighted by Gasteiger charge is -2.41. The van der Waals surface area contributed by atoms with Crippen molar-refractivity contribution in [1.29, 1.82) is 0 Å². The Morgan fingerprint density at radius 3 is 1.16 bits per heavy atom. The molecule has 0 radical (unpaired) electrons. The molecule has 0 unspecified atom stereocenters. The van der Waals surface area contributed by atoms with Crippen LogP contribution in [0.5, 0.6) is 0 Å². The van der Waals surface area contributed by atoms with Crippen molar-refractivity contribution in [3.05, 3.63) is 179 Å². The second-order valence-corrected chi connectivity index (χ2v) is 13.7. The lowest BCUT2D eigenvalue weighted by molar-refractivity contribution is -0.175. The third kappa shape index (κ3) is 5.44. The zero-order valence-corrected chi connectivity index (χ0v) is 26.7. The number of nitrogens with zero attached hydrogens (tertiary/aromatic N) is 1. The van der Waals surface area contributed by atoms with E-state index in [4.69, 9.17) is 18.5 Å². The van der Waals surface area contributed by atoms with Gasteiger partial charge < -0.3 is 18.5 Å². The highest BCUT2D eigenvalue weighted by Crippen LogP contribution is 2.65. The number of benzene rings is 5. The standard InChI is InChI=1S/C39H38NO4P/c1-37(2)41-35-36(42-37)39(33-25-15-7-16-26-33,34-27-17-8-18-28-34)44-45(40(3)29-30-19-9-4-10-20-30)43-38(35,31-21-11-5-12-22-31)32-23-13-6-14-24-32/h4-28,35-36H,29H2,1-3H3/t35-,36-/m1/s1. The van der Waals surface area contributed by atoms with Crippen LogP contribution in [0.3, 0.4) is 0 Å². The molecule has 2 atom stereocenters. The minimum absolute atomic E-state index is 0.588.